The third-order valence-electron chi connectivity index (χ3n) is 3.67. The van der Waals surface area contributed by atoms with Crippen LogP contribution in [0.3, 0.4) is 0 Å². The Labute approximate surface area is 130 Å². The van der Waals surface area contributed by atoms with Crippen LogP contribution >= 0.6 is 27.5 Å². The van der Waals surface area contributed by atoms with E-state index in [4.69, 9.17) is 11.6 Å². The van der Waals surface area contributed by atoms with E-state index in [1.165, 1.54) is 19.3 Å². The van der Waals surface area contributed by atoms with Crippen molar-refractivity contribution in [2.75, 3.05) is 24.0 Å². The molecule has 0 N–H and O–H groups in total. The number of nitrogens with zero attached hydrogens (tertiary/aromatic N) is 3. The average molecular weight is 361 g/mol. The number of aryl methyl sites for hydroxylation is 1. The van der Waals surface area contributed by atoms with Gasteiger partial charge in [0.25, 0.3) is 0 Å². The summed E-state index contributed by atoms with van der Waals surface area (Å²) in [6.45, 7) is 1.97. The zero-order valence-corrected chi connectivity index (χ0v) is 13.4. The minimum Gasteiger partial charge on any atom is -0.311 e. The standard InChI is InChI=1S/C14H16BrClFN3/c15-10-8-12-13(9-11(10)17)20(14(18-12)4-5-16)19-6-2-1-3-7-19/h8-9H,1-7H2. The molecule has 1 saturated heterocycles. The molecule has 6 heteroatoms. The molecule has 0 atom stereocenters. The number of hydrogen-bond acceptors (Lipinski definition) is 2. The van der Waals surface area contributed by atoms with E-state index in [1.54, 1.807) is 12.1 Å². The van der Waals surface area contributed by atoms with Gasteiger partial charge in [0, 0.05) is 31.5 Å². The van der Waals surface area contributed by atoms with Crippen molar-refractivity contribution >= 4 is 38.6 Å². The summed E-state index contributed by atoms with van der Waals surface area (Å²) in [6, 6.07) is 3.29. The number of benzene rings is 1. The molecule has 1 aliphatic heterocycles. The number of alkyl halides is 1. The molecule has 108 valence electrons. The van der Waals surface area contributed by atoms with Gasteiger partial charge in [-0.15, -0.1) is 11.6 Å². The summed E-state index contributed by atoms with van der Waals surface area (Å²) in [6.07, 6.45) is 4.28. The first-order chi connectivity index (χ1) is 9.70. The van der Waals surface area contributed by atoms with Gasteiger partial charge in [-0.2, -0.15) is 0 Å². The van der Waals surface area contributed by atoms with E-state index in [-0.39, 0.29) is 5.82 Å². The molecular formula is C14H16BrClFN3. The fraction of sp³-hybridized carbons (Fsp3) is 0.500. The van der Waals surface area contributed by atoms with E-state index in [0.29, 0.717) is 16.8 Å². The number of rotatable bonds is 3. The summed E-state index contributed by atoms with van der Waals surface area (Å²) in [4.78, 5) is 4.62. The van der Waals surface area contributed by atoms with Gasteiger partial charge in [0.05, 0.1) is 15.5 Å². The van der Waals surface area contributed by atoms with Gasteiger partial charge in [-0.25, -0.2) is 14.1 Å². The topological polar surface area (TPSA) is 21.1 Å². The summed E-state index contributed by atoms with van der Waals surface area (Å²) in [5, 5.41) is 2.26. The van der Waals surface area contributed by atoms with Crippen LogP contribution in [-0.2, 0) is 6.42 Å². The summed E-state index contributed by atoms with van der Waals surface area (Å²) in [5.41, 5.74) is 1.64. The Kier molecular flexibility index (Phi) is 4.17. The number of halogens is 3. The minimum absolute atomic E-state index is 0.256. The van der Waals surface area contributed by atoms with Gasteiger partial charge in [0.2, 0.25) is 0 Å². The van der Waals surface area contributed by atoms with Crippen molar-refractivity contribution in [1.29, 1.82) is 0 Å². The molecule has 0 aliphatic carbocycles. The fourth-order valence-corrected chi connectivity index (χ4v) is 3.25. The quantitative estimate of drug-likeness (QED) is 0.776. The highest BCUT2D eigenvalue weighted by Gasteiger charge is 2.19. The van der Waals surface area contributed by atoms with Gasteiger partial charge in [0.1, 0.15) is 11.6 Å². The van der Waals surface area contributed by atoms with E-state index in [1.807, 2.05) is 0 Å². The normalized spacial score (nSPS) is 16.1. The number of piperidine rings is 1. The number of aromatic nitrogens is 2. The second-order valence-electron chi connectivity index (χ2n) is 5.05. The molecule has 0 amide bonds. The first-order valence-corrected chi connectivity index (χ1v) is 8.21. The summed E-state index contributed by atoms with van der Waals surface area (Å²) in [7, 11) is 0. The Balaban J connectivity index is 2.14. The maximum atomic E-state index is 13.9. The Bertz CT molecular complexity index is 622. The SMILES string of the molecule is Fc1cc2c(cc1Br)nc(CCCl)n2N1CCCCC1. The highest BCUT2D eigenvalue weighted by molar-refractivity contribution is 9.10. The second-order valence-corrected chi connectivity index (χ2v) is 6.28. The first-order valence-electron chi connectivity index (χ1n) is 6.88. The van der Waals surface area contributed by atoms with Crippen molar-refractivity contribution in [3.63, 3.8) is 0 Å². The average Bonchev–Trinajstić information content (AvgIpc) is 2.78. The van der Waals surface area contributed by atoms with Crippen molar-refractivity contribution in [3.05, 3.63) is 28.2 Å². The largest absolute Gasteiger partial charge is 0.311 e. The van der Waals surface area contributed by atoms with Gasteiger partial charge in [-0.3, -0.25) is 0 Å². The third-order valence-corrected chi connectivity index (χ3v) is 4.47. The zero-order valence-electron chi connectivity index (χ0n) is 11.1. The number of fused-ring (bicyclic) bond motifs is 1. The number of imidazole rings is 1. The van der Waals surface area contributed by atoms with Crippen molar-refractivity contribution in [2.45, 2.75) is 25.7 Å². The maximum Gasteiger partial charge on any atom is 0.139 e. The third kappa shape index (κ3) is 2.53. The highest BCUT2D eigenvalue weighted by atomic mass is 79.9. The molecule has 0 saturated carbocycles. The number of hydrogen-bond donors (Lipinski definition) is 0. The van der Waals surface area contributed by atoms with Gasteiger partial charge in [0.15, 0.2) is 0 Å². The molecule has 2 aromatic rings. The lowest BCUT2D eigenvalue weighted by Crippen LogP contribution is -2.40. The van der Waals surface area contributed by atoms with E-state index < -0.39 is 0 Å². The van der Waals surface area contributed by atoms with Crippen molar-refractivity contribution in [2.24, 2.45) is 0 Å². The van der Waals surface area contributed by atoms with Crippen LogP contribution in [0.4, 0.5) is 4.39 Å². The molecule has 3 rings (SSSR count). The van der Waals surface area contributed by atoms with Gasteiger partial charge < -0.3 is 5.01 Å². The monoisotopic (exact) mass is 359 g/mol. The van der Waals surface area contributed by atoms with Crippen LogP contribution in [0.25, 0.3) is 11.0 Å². The maximum absolute atomic E-state index is 13.9. The van der Waals surface area contributed by atoms with Crippen molar-refractivity contribution in [3.8, 4) is 0 Å². The lowest BCUT2D eigenvalue weighted by Gasteiger charge is -2.31. The van der Waals surface area contributed by atoms with Crippen LogP contribution in [0.15, 0.2) is 16.6 Å². The molecular weight excluding hydrogens is 345 g/mol. The van der Waals surface area contributed by atoms with Gasteiger partial charge in [-0.05, 0) is 41.3 Å². The minimum atomic E-state index is -0.256. The second kappa shape index (κ2) is 5.90. The van der Waals surface area contributed by atoms with Gasteiger partial charge >= 0.3 is 0 Å². The molecule has 20 heavy (non-hydrogen) atoms. The zero-order chi connectivity index (χ0) is 14.1. The molecule has 1 aliphatic rings. The van der Waals surface area contributed by atoms with Crippen LogP contribution in [0.1, 0.15) is 25.1 Å². The first kappa shape index (κ1) is 14.1. The molecule has 1 aromatic carbocycles. The fourth-order valence-electron chi connectivity index (χ4n) is 2.75. The summed E-state index contributed by atoms with van der Waals surface area (Å²) >= 11 is 9.10. The molecule has 1 aromatic heterocycles. The Hall–Kier alpha value is -0.810. The predicted molar refractivity (Wildman–Crippen MR) is 83.6 cm³/mol. The molecule has 1 fully saturated rings. The van der Waals surface area contributed by atoms with Crippen LogP contribution in [0, 0.1) is 5.82 Å². The molecule has 2 heterocycles. The molecule has 3 nitrogen and oxygen atoms in total. The highest BCUT2D eigenvalue weighted by Crippen LogP contribution is 2.25. The van der Waals surface area contributed by atoms with E-state index in [0.717, 1.165) is 29.9 Å². The lowest BCUT2D eigenvalue weighted by atomic mass is 10.2. The van der Waals surface area contributed by atoms with E-state index >= 15 is 0 Å². The van der Waals surface area contributed by atoms with E-state index in [9.17, 15) is 4.39 Å². The van der Waals surface area contributed by atoms with Crippen LogP contribution in [0.5, 0.6) is 0 Å². The van der Waals surface area contributed by atoms with Crippen LogP contribution in [-0.4, -0.2) is 28.6 Å². The van der Waals surface area contributed by atoms with Crippen molar-refractivity contribution < 1.29 is 4.39 Å². The van der Waals surface area contributed by atoms with Crippen molar-refractivity contribution in [1.82, 2.24) is 9.66 Å². The Morgan fingerprint density at radius 2 is 2.00 bits per heavy atom. The molecule has 0 spiro atoms. The summed E-state index contributed by atoms with van der Waals surface area (Å²) in [5.74, 6) is 1.17. The van der Waals surface area contributed by atoms with Gasteiger partial charge in [-0.1, -0.05) is 0 Å². The van der Waals surface area contributed by atoms with Crippen LogP contribution < -0.4 is 5.01 Å². The smallest absolute Gasteiger partial charge is 0.139 e. The Morgan fingerprint density at radius 3 is 2.70 bits per heavy atom. The predicted octanol–water partition coefficient (Wildman–Crippen LogP) is 3.84. The summed E-state index contributed by atoms with van der Waals surface area (Å²) < 4.78 is 16.4. The lowest BCUT2D eigenvalue weighted by molar-refractivity contribution is 0.476. The molecule has 0 unspecified atom stereocenters. The Morgan fingerprint density at radius 1 is 1.25 bits per heavy atom. The van der Waals surface area contributed by atoms with E-state index in [2.05, 4.69) is 30.6 Å². The molecule has 0 radical (unpaired) electrons. The molecule has 0 bridgehead atoms. The van der Waals surface area contributed by atoms with Crippen LogP contribution in [0.2, 0.25) is 0 Å².